The van der Waals surface area contributed by atoms with E-state index in [1.54, 1.807) is 0 Å². The number of hydrogen-bond acceptors (Lipinski definition) is 3. The molecule has 12 heavy (non-hydrogen) atoms. The van der Waals surface area contributed by atoms with Crippen LogP contribution in [0.15, 0.2) is 36.4 Å². The van der Waals surface area contributed by atoms with Gasteiger partial charge in [-0.3, -0.25) is 0 Å². The van der Waals surface area contributed by atoms with E-state index >= 15 is 0 Å². The summed E-state index contributed by atoms with van der Waals surface area (Å²) in [5, 5.41) is 16.6. The summed E-state index contributed by atoms with van der Waals surface area (Å²) in [5.74, 6) is 0. The van der Waals surface area contributed by atoms with E-state index in [4.69, 9.17) is 10.2 Å². The maximum Gasteiger partial charge on any atom is 0.183 e. The normalized spacial score (nSPS) is 26.5. The largest absolute Gasteiger partial charge is 0.385 e. The molecule has 1 aromatic carbocycles. The Morgan fingerprint density at radius 1 is 0.917 bits per heavy atom. The van der Waals surface area contributed by atoms with Gasteiger partial charge in [0.15, 0.2) is 6.29 Å². The lowest BCUT2D eigenvalue weighted by molar-refractivity contribution is -0.259. The second-order valence-electron chi connectivity index (χ2n) is 2.45. The molecular formula is C9H12O3. The molecule has 3 nitrogen and oxygen atoms in total. The molecule has 1 aromatic rings. The van der Waals surface area contributed by atoms with Crippen LogP contribution in [0.4, 0.5) is 0 Å². The van der Waals surface area contributed by atoms with Gasteiger partial charge in [-0.25, -0.2) is 0 Å². The highest BCUT2D eigenvalue weighted by Gasteiger charge is 2.26. The second kappa shape index (κ2) is 4.87. The molecule has 0 saturated carbocycles. The fourth-order valence-corrected chi connectivity index (χ4v) is 0.653. The predicted molar refractivity (Wildman–Crippen MR) is 44.4 cm³/mol. The maximum absolute atomic E-state index is 8.34. The number of benzene rings is 1. The number of aliphatic hydroxyl groups excluding tert-OH is 2. The van der Waals surface area contributed by atoms with Gasteiger partial charge in [0.25, 0.3) is 0 Å². The van der Waals surface area contributed by atoms with Gasteiger partial charge >= 0.3 is 0 Å². The van der Waals surface area contributed by atoms with Crippen LogP contribution < -0.4 is 0 Å². The van der Waals surface area contributed by atoms with Gasteiger partial charge in [-0.05, 0) is 0 Å². The molecule has 1 aliphatic heterocycles. The quantitative estimate of drug-likeness (QED) is 0.589. The van der Waals surface area contributed by atoms with Crippen LogP contribution >= 0.6 is 0 Å². The van der Waals surface area contributed by atoms with Crippen molar-refractivity contribution in [2.75, 3.05) is 6.61 Å². The van der Waals surface area contributed by atoms with Gasteiger partial charge in [0.1, 0.15) is 6.10 Å². The second-order valence-corrected chi connectivity index (χ2v) is 2.45. The first-order valence-electron chi connectivity index (χ1n) is 3.78. The van der Waals surface area contributed by atoms with Gasteiger partial charge in [-0.15, -0.1) is 0 Å². The number of hydrogen-bond donors (Lipinski definition) is 2. The van der Waals surface area contributed by atoms with Crippen molar-refractivity contribution < 1.29 is 14.9 Å². The van der Waals surface area contributed by atoms with Crippen molar-refractivity contribution >= 4 is 0 Å². The molecule has 2 rings (SSSR count). The third-order valence-electron chi connectivity index (χ3n) is 1.43. The smallest absolute Gasteiger partial charge is 0.183 e. The number of aliphatic hydroxyl groups is 2. The van der Waals surface area contributed by atoms with Crippen LogP contribution in [0.2, 0.25) is 0 Å². The molecule has 0 amide bonds. The Morgan fingerprint density at radius 3 is 1.33 bits per heavy atom. The topological polar surface area (TPSA) is 49.7 Å². The Bertz CT molecular complexity index is 165. The standard InChI is InChI=1S/C6H6.C3H6O3/c1-2-4-6-5-3-1;4-2-1-6-3(2)5/h1-6H;2-5H,1H2. The minimum absolute atomic E-state index is 0.279. The fourth-order valence-electron chi connectivity index (χ4n) is 0.653. The Kier molecular flexibility index (Phi) is 3.73. The predicted octanol–water partition coefficient (Wildman–Crippen LogP) is 0.383. The monoisotopic (exact) mass is 168 g/mol. The van der Waals surface area contributed by atoms with E-state index < -0.39 is 12.4 Å². The zero-order valence-electron chi connectivity index (χ0n) is 6.63. The highest BCUT2D eigenvalue weighted by Crippen LogP contribution is 2.06. The summed E-state index contributed by atoms with van der Waals surface area (Å²) in [5.41, 5.74) is 0. The van der Waals surface area contributed by atoms with Crippen molar-refractivity contribution in [3.05, 3.63) is 36.4 Å². The third kappa shape index (κ3) is 3.00. The molecule has 2 atom stereocenters. The summed E-state index contributed by atoms with van der Waals surface area (Å²) in [6.45, 7) is 0.279. The molecule has 0 bridgehead atoms. The van der Waals surface area contributed by atoms with E-state index in [0.29, 0.717) is 0 Å². The zero-order chi connectivity index (χ0) is 8.81. The molecule has 1 fully saturated rings. The van der Waals surface area contributed by atoms with Gasteiger partial charge in [-0.1, -0.05) is 36.4 Å². The Labute approximate surface area is 71.2 Å². The molecule has 3 heteroatoms. The van der Waals surface area contributed by atoms with Crippen molar-refractivity contribution in [1.29, 1.82) is 0 Å². The summed E-state index contributed by atoms with van der Waals surface area (Å²) in [6, 6.07) is 12.0. The van der Waals surface area contributed by atoms with E-state index in [1.165, 1.54) is 0 Å². The average Bonchev–Trinajstić information content (AvgIpc) is 2.19. The Morgan fingerprint density at radius 2 is 1.25 bits per heavy atom. The zero-order valence-corrected chi connectivity index (χ0v) is 6.63. The molecule has 66 valence electrons. The van der Waals surface area contributed by atoms with E-state index in [1.807, 2.05) is 36.4 Å². The van der Waals surface area contributed by atoms with Crippen LogP contribution in [0.5, 0.6) is 0 Å². The molecule has 0 aromatic heterocycles. The Balaban J connectivity index is 0.000000120. The van der Waals surface area contributed by atoms with E-state index in [2.05, 4.69) is 4.74 Å². The minimum Gasteiger partial charge on any atom is -0.385 e. The molecule has 2 N–H and O–H groups in total. The lowest BCUT2D eigenvalue weighted by atomic mass is 10.3. The first-order valence-corrected chi connectivity index (χ1v) is 3.78. The van der Waals surface area contributed by atoms with Crippen LogP contribution in [0.25, 0.3) is 0 Å². The average molecular weight is 168 g/mol. The molecule has 1 aliphatic rings. The summed E-state index contributed by atoms with van der Waals surface area (Å²) >= 11 is 0. The van der Waals surface area contributed by atoms with E-state index in [9.17, 15) is 0 Å². The summed E-state index contributed by atoms with van der Waals surface area (Å²) < 4.78 is 4.35. The van der Waals surface area contributed by atoms with Gasteiger partial charge in [0.2, 0.25) is 0 Å². The van der Waals surface area contributed by atoms with Crippen molar-refractivity contribution in [3.63, 3.8) is 0 Å². The lowest BCUT2D eigenvalue weighted by Crippen LogP contribution is -2.44. The molecule has 1 heterocycles. The molecular weight excluding hydrogens is 156 g/mol. The van der Waals surface area contributed by atoms with Crippen LogP contribution in [-0.4, -0.2) is 29.2 Å². The van der Waals surface area contributed by atoms with Crippen molar-refractivity contribution in [3.8, 4) is 0 Å². The highest BCUT2D eigenvalue weighted by atomic mass is 16.7. The van der Waals surface area contributed by atoms with Crippen molar-refractivity contribution in [2.45, 2.75) is 12.4 Å². The van der Waals surface area contributed by atoms with Crippen LogP contribution in [-0.2, 0) is 4.74 Å². The van der Waals surface area contributed by atoms with Crippen LogP contribution in [0, 0.1) is 0 Å². The molecule has 2 unspecified atom stereocenters. The molecule has 0 spiro atoms. The van der Waals surface area contributed by atoms with Crippen LogP contribution in [0.1, 0.15) is 0 Å². The van der Waals surface area contributed by atoms with Crippen molar-refractivity contribution in [1.82, 2.24) is 0 Å². The summed E-state index contributed by atoms with van der Waals surface area (Å²) in [4.78, 5) is 0. The summed E-state index contributed by atoms with van der Waals surface area (Å²) in [7, 11) is 0. The SMILES string of the molecule is OC1COC1O.c1ccccc1. The van der Waals surface area contributed by atoms with Gasteiger partial charge in [0, 0.05) is 0 Å². The van der Waals surface area contributed by atoms with Crippen LogP contribution in [0.3, 0.4) is 0 Å². The maximum atomic E-state index is 8.34. The molecule has 0 radical (unpaired) electrons. The van der Waals surface area contributed by atoms with Gasteiger partial charge in [0.05, 0.1) is 6.61 Å². The number of rotatable bonds is 0. The first-order chi connectivity index (χ1) is 5.80. The highest BCUT2D eigenvalue weighted by molar-refractivity contribution is 4.99. The molecule has 0 aliphatic carbocycles. The minimum atomic E-state index is -0.912. The van der Waals surface area contributed by atoms with E-state index in [0.717, 1.165) is 0 Å². The van der Waals surface area contributed by atoms with Crippen molar-refractivity contribution in [2.24, 2.45) is 0 Å². The van der Waals surface area contributed by atoms with E-state index in [-0.39, 0.29) is 6.61 Å². The Hall–Kier alpha value is -0.900. The lowest BCUT2D eigenvalue weighted by Gasteiger charge is -2.27. The fraction of sp³-hybridized carbons (Fsp3) is 0.333. The molecule has 1 saturated heterocycles. The number of ether oxygens (including phenoxy) is 1. The summed E-state index contributed by atoms with van der Waals surface area (Å²) in [6.07, 6.45) is -1.55. The van der Waals surface area contributed by atoms with Gasteiger partial charge in [-0.2, -0.15) is 0 Å². The first kappa shape index (κ1) is 9.19. The third-order valence-corrected chi connectivity index (χ3v) is 1.43. The van der Waals surface area contributed by atoms with Gasteiger partial charge < -0.3 is 14.9 Å².